The molecule has 2 rings (SSSR count). The van der Waals surface area contributed by atoms with Crippen molar-refractivity contribution >= 4 is 22.9 Å². The summed E-state index contributed by atoms with van der Waals surface area (Å²) in [4.78, 5) is 13.9. The normalized spacial score (nSPS) is 9.86. The van der Waals surface area contributed by atoms with Crippen LogP contribution in [0.4, 0.5) is 5.69 Å². The monoisotopic (exact) mass is 299 g/mol. The van der Waals surface area contributed by atoms with E-state index in [4.69, 9.17) is 5.11 Å². The molecule has 2 aromatic rings. The van der Waals surface area contributed by atoms with Crippen molar-refractivity contribution in [2.45, 2.75) is 20.3 Å². The first-order chi connectivity index (χ1) is 10.1. The summed E-state index contributed by atoms with van der Waals surface area (Å²) >= 11 is 1.48. The van der Waals surface area contributed by atoms with Gasteiger partial charge in [-0.3, -0.25) is 4.79 Å². The maximum absolute atomic E-state index is 12.1. The molecule has 0 unspecified atom stereocenters. The van der Waals surface area contributed by atoms with Crippen molar-refractivity contribution in [3.8, 4) is 11.8 Å². The van der Waals surface area contributed by atoms with Gasteiger partial charge in [0, 0.05) is 22.5 Å². The van der Waals surface area contributed by atoms with E-state index < -0.39 is 0 Å². The number of thiophene rings is 1. The average molecular weight is 299 g/mol. The number of aliphatic hydroxyl groups is 1. The van der Waals surface area contributed by atoms with Gasteiger partial charge in [0.15, 0.2) is 0 Å². The van der Waals surface area contributed by atoms with Gasteiger partial charge < -0.3 is 10.4 Å². The van der Waals surface area contributed by atoms with E-state index in [2.05, 4.69) is 17.2 Å². The number of nitrogens with one attached hydrogen (secondary N) is 1. The Hall–Kier alpha value is -2.09. The molecule has 0 radical (unpaired) electrons. The minimum absolute atomic E-state index is 0.0698. The Balaban J connectivity index is 2.11. The van der Waals surface area contributed by atoms with Gasteiger partial charge in [-0.05, 0) is 49.7 Å². The Morgan fingerprint density at radius 1 is 1.29 bits per heavy atom. The Morgan fingerprint density at radius 3 is 2.71 bits per heavy atom. The molecule has 0 saturated carbocycles. The van der Waals surface area contributed by atoms with Crippen molar-refractivity contribution < 1.29 is 9.90 Å². The van der Waals surface area contributed by atoms with Gasteiger partial charge in [-0.1, -0.05) is 11.8 Å². The van der Waals surface area contributed by atoms with Crippen molar-refractivity contribution in [2.75, 3.05) is 11.9 Å². The topological polar surface area (TPSA) is 49.3 Å². The van der Waals surface area contributed by atoms with Gasteiger partial charge in [-0.15, -0.1) is 11.3 Å². The lowest BCUT2D eigenvalue weighted by atomic mass is 10.1. The number of carbonyl (C=O) groups excluding carboxylic acids is 1. The fourth-order valence-corrected chi connectivity index (χ4v) is 2.61. The molecule has 1 aromatic heterocycles. The van der Waals surface area contributed by atoms with E-state index in [0.29, 0.717) is 11.3 Å². The average Bonchev–Trinajstić information content (AvgIpc) is 2.89. The highest BCUT2D eigenvalue weighted by molar-refractivity contribution is 7.14. The van der Waals surface area contributed by atoms with Crippen LogP contribution >= 0.6 is 11.3 Å². The first-order valence-corrected chi connectivity index (χ1v) is 7.50. The quantitative estimate of drug-likeness (QED) is 0.854. The van der Waals surface area contributed by atoms with Gasteiger partial charge in [0.05, 0.1) is 11.5 Å². The number of aryl methyl sites for hydroxylation is 2. The molecule has 0 aliphatic carbocycles. The number of anilines is 1. The second kappa shape index (κ2) is 7.07. The molecule has 4 heteroatoms. The molecule has 0 aliphatic rings. The largest absolute Gasteiger partial charge is 0.395 e. The van der Waals surface area contributed by atoms with Crippen LogP contribution in [0.2, 0.25) is 0 Å². The number of aliphatic hydroxyl groups excluding tert-OH is 1. The van der Waals surface area contributed by atoms with Crippen molar-refractivity contribution in [3.63, 3.8) is 0 Å². The smallest absolute Gasteiger partial charge is 0.265 e. The molecule has 2 N–H and O–H groups in total. The number of hydrogen-bond donors (Lipinski definition) is 2. The van der Waals surface area contributed by atoms with Crippen LogP contribution in [0.15, 0.2) is 30.3 Å². The van der Waals surface area contributed by atoms with E-state index in [1.54, 1.807) is 0 Å². The second-order valence-corrected chi connectivity index (χ2v) is 5.96. The molecule has 0 spiro atoms. The third-order valence-electron chi connectivity index (χ3n) is 2.91. The van der Waals surface area contributed by atoms with E-state index in [9.17, 15) is 4.79 Å². The first-order valence-electron chi connectivity index (χ1n) is 6.68. The lowest BCUT2D eigenvalue weighted by Crippen LogP contribution is -2.11. The summed E-state index contributed by atoms with van der Waals surface area (Å²) in [5.41, 5.74) is 2.64. The van der Waals surface area contributed by atoms with Crippen LogP contribution in [-0.2, 0) is 0 Å². The fraction of sp³-hybridized carbons (Fsp3) is 0.235. The van der Waals surface area contributed by atoms with Crippen LogP contribution in [0.25, 0.3) is 0 Å². The standard InChI is InChI=1S/C17H17NO2S/c1-12-11-14(5-3-4-10-19)7-8-15(12)18-17(20)16-9-6-13(2)21-16/h6-9,11,19H,4,10H2,1-2H3,(H,18,20). The Morgan fingerprint density at radius 2 is 2.10 bits per heavy atom. The van der Waals surface area contributed by atoms with Gasteiger partial charge in [-0.25, -0.2) is 0 Å². The van der Waals surface area contributed by atoms with E-state index in [0.717, 1.165) is 21.7 Å². The summed E-state index contributed by atoms with van der Waals surface area (Å²) in [6.07, 6.45) is 0.468. The number of rotatable bonds is 3. The molecule has 1 heterocycles. The van der Waals surface area contributed by atoms with E-state index in [-0.39, 0.29) is 12.5 Å². The molecule has 108 valence electrons. The summed E-state index contributed by atoms with van der Waals surface area (Å²) < 4.78 is 0. The summed E-state index contributed by atoms with van der Waals surface area (Å²) in [6, 6.07) is 9.43. The molecule has 1 amide bonds. The summed E-state index contributed by atoms with van der Waals surface area (Å²) in [5, 5.41) is 11.6. The van der Waals surface area contributed by atoms with Gasteiger partial charge in [-0.2, -0.15) is 0 Å². The van der Waals surface area contributed by atoms with Crippen molar-refractivity contribution in [3.05, 3.63) is 51.2 Å². The summed E-state index contributed by atoms with van der Waals surface area (Å²) in [6.45, 7) is 3.99. The Kier molecular flexibility index (Phi) is 5.15. The number of benzene rings is 1. The van der Waals surface area contributed by atoms with Crippen LogP contribution in [0, 0.1) is 25.7 Å². The van der Waals surface area contributed by atoms with Crippen molar-refractivity contribution in [2.24, 2.45) is 0 Å². The highest BCUT2D eigenvalue weighted by atomic mass is 32.1. The molecular formula is C17H17NO2S. The molecule has 21 heavy (non-hydrogen) atoms. The summed E-state index contributed by atoms with van der Waals surface area (Å²) in [5.74, 6) is 5.78. The van der Waals surface area contributed by atoms with E-state index in [1.807, 2.05) is 44.2 Å². The molecule has 3 nitrogen and oxygen atoms in total. The van der Waals surface area contributed by atoms with Gasteiger partial charge in [0.25, 0.3) is 5.91 Å². The summed E-state index contributed by atoms with van der Waals surface area (Å²) in [7, 11) is 0. The molecule has 0 saturated heterocycles. The van der Waals surface area contributed by atoms with Gasteiger partial charge >= 0.3 is 0 Å². The molecule has 0 atom stereocenters. The molecule has 0 fully saturated rings. The van der Waals surface area contributed by atoms with Crippen molar-refractivity contribution in [1.29, 1.82) is 0 Å². The third-order valence-corrected chi connectivity index (χ3v) is 3.91. The van der Waals surface area contributed by atoms with Gasteiger partial charge in [0.2, 0.25) is 0 Å². The first kappa shape index (κ1) is 15.3. The minimum atomic E-state index is -0.0877. The zero-order chi connectivity index (χ0) is 15.2. The predicted octanol–water partition coefficient (Wildman–Crippen LogP) is 3.35. The number of hydrogen-bond acceptors (Lipinski definition) is 3. The molecule has 0 bridgehead atoms. The Bertz CT molecular complexity index is 707. The number of carbonyl (C=O) groups is 1. The van der Waals surface area contributed by atoms with Crippen LogP contribution in [0.1, 0.15) is 32.1 Å². The lowest BCUT2D eigenvalue weighted by molar-refractivity contribution is 0.103. The maximum Gasteiger partial charge on any atom is 0.265 e. The third kappa shape index (κ3) is 4.19. The SMILES string of the molecule is Cc1ccc(C(=O)Nc2ccc(C#CCCO)cc2C)s1. The molecule has 1 aromatic carbocycles. The highest BCUT2D eigenvalue weighted by Crippen LogP contribution is 2.20. The highest BCUT2D eigenvalue weighted by Gasteiger charge is 2.09. The maximum atomic E-state index is 12.1. The van der Waals surface area contributed by atoms with Crippen LogP contribution in [-0.4, -0.2) is 17.6 Å². The van der Waals surface area contributed by atoms with E-state index in [1.165, 1.54) is 11.3 Å². The number of amides is 1. The Labute approximate surface area is 128 Å². The fourth-order valence-electron chi connectivity index (χ4n) is 1.84. The lowest BCUT2D eigenvalue weighted by Gasteiger charge is -2.07. The minimum Gasteiger partial charge on any atom is -0.395 e. The molecule has 0 aliphatic heterocycles. The van der Waals surface area contributed by atoms with Crippen LogP contribution in [0.5, 0.6) is 0 Å². The second-order valence-electron chi connectivity index (χ2n) is 4.67. The zero-order valence-corrected chi connectivity index (χ0v) is 12.9. The van der Waals surface area contributed by atoms with Crippen molar-refractivity contribution in [1.82, 2.24) is 0 Å². The van der Waals surface area contributed by atoms with Crippen LogP contribution in [0.3, 0.4) is 0 Å². The van der Waals surface area contributed by atoms with Gasteiger partial charge in [0.1, 0.15) is 0 Å². The zero-order valence-electron chi connectivity index (χ0n) is 12.1. The van der Waals surface area contributed by atoms with Crippen LogP contribution < -0.4 is 5.32 Å². The molecular weight excluding hydrogens is 282 g/mol. The van der Waals surface area contributed by atoms with E-state index >= 15 is 0 Å². The predicted molar refractivity (Wildman–Crippen MR) is 86.8 cm³/mol.